The van der Waals surface area contributed by atoms with E-state index in [-0.39, 0.29) is 0 Å². The number of carbonyl (C=O) groups is 1. The molecule has 0 aliphatic carbocycles. The zero-order valence-corrected chi connectivity index (χ0v) is 18.3. The molecule has 0 saturated heterocycles. The van der Waals surface area contributed by atoms with Gasteiger partial charge in [-0.15, -0.1) is 0 Å². The summed E-state index contributed by atoms with van der Waals surface area (Å²) in [6, 6.07) is 22.0. The fourth-order valence-electron chi connectivity index (χ4n) is 3.15. The Hall–Kier alpha value is -2.64. The second-order valence-electron chi connectivity index (χ2n) is 7.90. The van der Waals surface area contributed by atoms with Gasteiger partial charge in [-0.05, 0) is 68.1 Å². The van der Waals surface area contributed by atoms with E-state index in [1.165, 1.54) is 0 Å². The van der Waals surface area contributed by atoms with Crippen LogP contribution in [0.5, 0.6) is 0 Å². The Bertz CT molecular complexity index is 968. The van der Waals surface area contributed by atoms with Crippen molar-refractivity contribution in [2.75, 3.05) is 0 Å². The van der Waals surface area contributed by atoms with Crippen molar-refractivity contribution in [3.05, 3.63) is 95.1 Å². The highest BCUT2D eigenvalue weighted by molar-refractivity contribution is 7.74. The summed E-state index contributed by atoms with van der Waals surface area (Å²) in [5.74, 6) is -0.0401. The van der Waals surface area contributed by atoms with Crippen molar-refractivity contribution >= 4 is 23.9 Å². The minimum atomic E-state index is -3.57. The molecular formula is C25H27O3P. The van der Waals surface area contributed by atoms with E-state index in [1.807, 2.05) is 50.2 Å². The summed E-state index contributed by atoms with van der Waals surface area (Å²) in [5, 5.41) is 1.02. The summed E-state index contributed by atoms with van der Waals surface area (Å²) in [7, 11) is -3.57. The van der Waals surface area contributed by atoms with Crippen molar-refractivity contribution in [1.29, 1.82) is 0 Å². The molecule has 3 aromatic rings. The smallest absolute Gasteiger partial charge is 0.343 e. The molecule has 0 amide bonds. The average molecular weight is 406 g/mol. The van der Waals surface area contributed by atoms with Gasteiger partial charge in [-0.2, -0.15) is 0 Å². The summed E-state index contributed by atoms with van der Waals surface area (Å²) in [4.78, 5) is 12.9. The van der Waals surface area contributed by atoms with Gasteiger partial charge in [0.25, 0.3) is 0 Å². The molecule has 0 saturated carbocycles. The topological polar surface area (TPSA) is 43.4 Å². The van der Waals surface area contributed by atoms with Crippen molar-refractivity contribution in [1.82, 2.24) is 0 Å². The highest BCUT2D eigenvalue weighted by Crippen LogP contribution is 2.45. The summed E-state index contributed by atoms with van der Waals surface area (Å²) in [5.41, 5.74) is 3.67. The lowest BCUT2D eigenvalue weighted by Gasteiger charge is -2.20. The first-order chi connectivity index (χ1) is 13.8. The average Bonchev–Trinajstić information content (AvgIpc) is 2.69. The number of aryl methyl sites for hydroxylation is 2. The van der Waals surface area contributed by atoms with Crippen LogP contribution in [-0.2, 0) is 15.5 Å². The van der Waals surface area contributed by atoms with Crippen LogP contribution in [0.3, 0.4) is 0 Å². The standard InChI is InChI=1S/C25H27O3P/c1-18(2)17-21-9-11-22(12-10-21)25(26)28-29(27,23-13-5-19(3)6-14-23)24-15-7-20(4)8-16-24/h5-16,18H,17H2,1-4H3. The quantitative estimate of drug-likeness (QED) is 0.502. The van der Waals surface area contributed by atoms with Gasteiger partial charge in [-0.3, -0.25) is 4.57 Å². The molecule has 29 heavy (non-hydrogen) atoms. The molecule has 0 unspecified atom stereocenters. The molecule has 0 atom stereocenters. The van der Waals surface area contributed by atoms with Crippen LogP contribution >= 0.6 is 7.37 Å². The van der Waals surface area contributed by atoms with Crippen LogP contribution in [-0.4, -0.2) is 5.97 Å². The fourth-order valence-corrected chi connectivity index (χ4v) is 5.09. The first-order valence-corrected chi connectivity index (χ1v) is 11.5. The lowest BCUT2D eigenvalue weighted by molar-refractivity contribution is 0.0747. The first-order valence-electron chi connectivity index (χ1n) is 9.85. The molecule has 0 heterocycles. The summed E-state index contributed by atoms with van der Waals surface area (Å²) < 4.78 is 19.7. The van der Waals surface area contributed by atoms with Crippen molar-refractivity contribution in [3.8, 4) is 0 Å². The lowest BCUT2D eigenvalue weighted by atomic mass is 10.0. The van der Waals surface area contributed by atoms with E-state index in [9.17, 15) is 9.36 Å². The second-order valence-corrected chi connectivity index (χ2v) is 10.2. The third-order valence-electron chi connectivity index (χ3n) is 4.79. The number of hydrogen-bond acceptors (Lipinski definition) is 3. The predicted molar refractivity (Wildman–Crippen MR) is 120 cm³/mol. The highest BCUT2D eigenvalue weighted by atomic mass is 31.2. The van der Waals surface area contributed by atoms with E-state index in [0.717, 1.165) is 23.1 Å². The zero-order chi connectivity index (χ0) is 21.0. The minimum Gasteiger partial charge on any atom is -0.401 e. The van der Waals surface area contributed by atoms with Gasteiger partial charge in [0.05, 0.1) is 16.2 Å². The predicted octanol–water partition coefficient (Wildman–Crippen LogP) is 5.59. The summed E-state index contributed by atoms with van der Waals surface area (Å²) in [6.45, 7) is 8.24. The molecule has 3 rings (SSSR count). The van der Waals surface area contributed by atoms with Gasteiger partial charge >= 0.3 is 13.3 Å². The maximum atomic E-state index is 14.0. The second kappa shape index (κ2) is 8.80. The Kier molecular flexibility index (Phi) is 6.39. The zero-order valence-electron chi connectivity index (χ0n) is 17.4. The Morgan fingerprint density at radius 2 is 1.24 bits per heavy atom. The van der Waals surface area contributed by atoms with Gasteiger partial charge in [0.2, 0.25) is 0 Å². The summed E-state index contributed by atoms with van der Waals surface area (Å²) >= 11 is 0. The Labute approximate surface area is 173 Å². The van der Waals surface area contributed by atoms with Gasteiger partial charge in [0, 0.05) is 0 Å². The normalized spacial score (nSPS) is 11.5. The third kappa shape index (κ3) is 5.05. The van der Waals surface area contributed by atoms with E-state index >= 15 is 0 Å². The van der Waals surface area contributed by atoms with E-state index in [0.29, 0.717) is 22.1 Å². The maximum Gasteiger partial charge on any atom is 0.343 e. The van der Waals surface area contributed by atoms with E-state index in [2.05, 4.69) is 13.8 Å². The van der Waals surface area contributed by atoms with Crippen LogP contribution in [0, 0.1) is 19.8 Å². The largest absolute Gasteiger partial charge is 0.401 e. The molecule has 0 spiro atoms. The summed E-state index contributed by atoms with van der Waals surface area (Å²) in [6.07, 6.45) is 0.945. The van der Waals surface area contributed by atoms with E-state index in [1.54, 1.807) is 36.4 Å². The van der Waals surface area contributed by atoms with Crippen molar-refractivity contribution in [2.24, 2.45) is 5.92 Å². The van der Waals surface area contributed by atoms with Crippen molar-refractivity contribution in [2.45, 2.75) is 34.1 Å². The molecule has 0 aliphatic heterocycles. The number of rotatable bonds is 6. The van der Waals surface area contributed by atoms with Crippen molar-refractivity contribution in [3.63, 3.8) is 0 Å². The van der Waals surface area contributed by atoms with Crippen LogP contribution in [0.15, 0.2) is 72.8 Å². The fraction of sp³-hybridized carbons (Fsp3) is 0.240. The Balaban J connectivity index is 1.94. The minimum absolute atomic E-state index is 0.400. The monoisotopic (exact) mass is 406 g/mol. The SMILES string of the molecule is Cc1ccc(P(=O)(OC(=O)c2ccc(CC(C)C)cc2)c2ccc(C)cc2)cc1. The van der Waals surface area contributed by atoms with Crippen LogP contribution in [0.4, 0.5) is 0 Å². The van der Waals surface area contributed by atoms with E-state index < -0.39 is 13.3 Å². The van der Waals surface area contributed by atoms with Crippen LogP contribution in [0.1, 0.15) is 40.9 Å². The molecule has 0 aliphatic rings. The lowest BCUT2D eigenvalue weighted by Crippen LogP contribution is -2.21. The highest BCUT2D eigenvalue weighted by Gasteiger charge is 2.32. The Morgan fingerprint density at radius 1 is 0.793 bits per heavy atom. The van der Waals surface area contributed by atoms with Crippen LogP contribution in [0.2, 0.25) is 0 Å². The molecule has 3 aromatic carbocycles. The van der Waals surface area contributed by atoms with Gasteiger partial charge in [-0.1, -0.05) is 61.4 Å². The van der Waals surface area contributed by atoms with Gasteiger partial charge in [0.15, 0.2) is 0 Å². The number of hydrogen-bond donors (Lipinski definition) is 0. The Morgan fingerprint density at radius 3 is 1.66 bits per heavy atom. The van der Waals surface area contributed by atoms with Gasteiger partial charge in [0.1, 0.15) is 0 Å². The molecular weight excluding hydrogens is 379 g/mol. The molecule has 0 fully saturated rings. The number of carbonyl (C=O) groups excluding carboxylic acids is 1. The van der Waals surface area contributed by atoms with Gasteiger partial charge < -0.3 is 4.52 Å². The van der Waals surface area contributed by atoms with Gasteiger partial charge in [-0.25, -0.2) is 4.79 Å². The maximum absolute atomic E-state index is 14.0. The molecule has 3 nitrogen and oxygen atoms in total. The molecule has 0 radical (unpaired) electrons. The van der Waals surface area contributed by atoms with Crippen LogP contribution in [0.25, 0.3) is 0 Å². The van der Waals surface area contributed by atoms with E-state index in [4.69, 9.17) is 4.52 Å². The first kappa shape index (κ1) is 21.1. The molecule has 0 bridgehead atoms. The number of benzene rings is 3. The third-order valence-corrected chi connectivity index (χ3v) is 7.17. The molecule has 4 heteroatoms. The van der Waals surface area contributed by atoms with Crippen LogP contribution < -0.4 is 10.6 Å². The molecule has 0 aromatic heterocycles. The van der Waals surface area contributed by atoms with Crippen molar-refractivity contribution < 1.29 is 13.9 Å². The molecule has 150 valence electrons. The molecule has 0 N–H and O–H groups in total.